The highest BCUT2D eigenvalue weighted by molar-refractivity contribution is 5.82. The van der Waals surface area contributed by atoms with Crippen LogP contribution in [0.15, 0.2) is 33.3 Å². The first kappa shape index (κ1) is 27.1. The molecule has 194 valence electrons. The Hall–Kier alpha value is -3.50. The van der Waals surface area contributed by atoms with Crippen LogP contribution in [0.4, 0.5) is 17.6 Å². The highest BCUT2D eigenvalue weighted by Crippen LogP contribution is 2.43. The number of rotatable bonds is 11. The third-order valence-corrected chi connectivity index (χ3v) is 5.57. The van der Waals surface area contributed by atoms with Crippen molar-refractivity contribution in [2.24, 2.45) is 5.92 Å². The molecule has 3 aromatic rings. The van der Waals surface area contributed by atoms with E-state index in [2.05, 4.69) is 10.3 Å². The highest BCUT2D eigenvalue weighted by atomic mass is 19.4. The zero-order chi connectivity index (χ0) is 26.6. The fraction of sp³-hybridized carbons (Fsp3) is 0.440. The monoisotopic (exact) mass is 510 g/mol. The Morgan fingerprint density at radius 1 is 1.11 bits per heavy atom. The molecule has 0 fully saturated rings. The van der Waals surface area contributed by atoms with Gasteiger partial charge in [-0.15, -0.1) is 0 Å². The van der Waals surface area contributed by atoms with Gasteiger partial charge < -0.3 is 14.2 Å². The molecule has 0 saturated carbocycles. The maximum Gasteiger partial charge on any atom is 0.422 e. The number of aliphatic carboxylic acids is 1. The number of carboxylic acids is 1. The third kappa shape index (κ3) is 6.79. The number of aryl methyl sites for hydroxylation is 1. The zero-order valence-corrected chi connectivity index (χ0v) is 20.0. The summed E-state index contributed by atoms with van der Waals surface area (Å²) >= 11 is 0. The maximum absolute atomic E-state index is 14.2. The molecular formula is C25H26F4N2O5. The van der Waals surface area contributed by atoms with Gasteiger partial charge in [0.2, 0.25) is 5.76 Å². The van der Waals surface area contributed by atoms with Gasteiger partial charge >= 0.3 is 12.1 Å². The summed E-state index contributed by atoms with van der Waals surface area (Å²) in [5.41, 5.74) is -1.29. The van der Waals surface area contributed by atoms with Crippen LogP contribution in [0.5, 0.6) is 0 Å². The molecule has 0 aliphatic heterocycles. The number of hydrogen-bond acceptors (Lipinski definition) is 6. The van der Waals surface area contributed by atoms with E-state index in [-0.39, 0.29) is 30.0 Å². The van der Waals surface area contributed by atoms with Crippen molar-refractivity contribution in [1.29, 1.82) is 0 Å². The van der Waals surface area contributed by atoms with Crippen molar-refractivity contribution in [2.45, 2.75) is 65.0 Å². The van der Waals surface area contributed by atoms with Crippen molar-refractivity contribution in [3.8, 4) is 11.5 Å². The number of alkyl halides is 3. The van der Waals surface area contributed by atoms with Gasteiger partial charge in [0.05, 0.1) is 0 Å². The molecule has 1 N–H and O–H groups in total. The largest absolute Gasteiger partial charge is 0.481 e. The number of Topliss-reactive ketones (excluding diaryl/α,β-unsaturated/α-hetero) is 1. The number of carboxylic acid groups (broad SMARTS) is 1. The van der Waals surface area contributed by atoms with Crippen LogP contribution >= 0.6 is 0 Å². The minimum Gasteiger partial charge on any atom is -0.481 e. The van der Waals surface area contributed by atoms with Gasteiger partial charge in [0, 0.05) is 37.7 Å². The van der Waals surface area contributed by atoms with Crippen LogP contribution in [0, 0.1) is 18.7 Å². The first-order chi connectivity index (χ1) is 16.8. The molecule has 0 saturated heterocycles. The summed E-state index contributed by atoms with van der Waals surface area (Å²) < 4.78 is 66.9. The summed E-state index contributed by atoms with van der Waals surface area (Å²) in [6.07, 6.45) is -6.13. The molecular weight excluding hydrogens is 484 g/mol. The lowest BCUT2D eigenvalue weighted by molar-refractivity contribution is -0.138. The molecule has 36 heavy (non-hydrogen) atoms. The number of benzene rings is 1. The van der Waals surface area contributed by atoms with Gasteiger partial charge in [-0.1, -0.05) is 36.3 Å². The molecule has 0 aliphatic carbocycles. The Balaban J connectivity index is 1.95. The van der Waals surface area contributed by atoms with E-state index in [0.29, 0.717) is 17.7 Å². The van der Waals surface area contributed by atoms with Gasteiger partial charge in [0.1, 0.15) is 28.6 Å². The van der Waals surface area contributed by atoms with Crippen molar-refractivity contribution >= 4 is 11.8 Å². The number of carbonyl (C=O) groups is 2. The fourth-order valence-electron chi connectivity index (χ4n) is 3.94. The van der Waals surface area contributed by atoms with Gasteiger partial charge in [-0.25, -0.2) is 4.39 Å². The van der Waals surface area contributed by atoms with E-state index in [0.717, 1.165) is 0 Å². The van der Waals surface area contributed by atoms with Gasteiger partial charge in [-0.3, -0.25) is 9.59 Å². The molecule has 0 amide bonds. The highest BCUT2D eigenvalue weighted by Gasteiger charge is 2.43. The van der Waals surface area contributed by atoms with E-state index in [4.69, 9.17) is 14.2 Å². The SMILES string of the molecule is Cc1ccc(CC(=O)C[C@H](CCC(=O)O)c2noc(-c3cc(CC(C)C)on3)c2C(F)(F)F)c(F)c1. The minimum atomic E-state index is -4.94. The van der Waals surface area contributed by atoms with Crippen LogP contribution in [-0.2, 0) is 28.6 Å². The summed E-state index contributed by atoms with van der Waals surface area (Å²) in [4.78, 5) is 23.9. The predicted molar refractivity (Wildman–Crippen MR) is 120 cm³/mol. The molecule has 11 heteroatoms. The van der Waals surface area contributed by atoms with Crippen molar-refractivity contribution < 1.29 is 41.3 Å². The number of hydrogen-bond donors (Lipinski definition) is 1. The van der Waals surface area contributed by atoms with E-state index in [9.17, 15) is 27.2 Å². The lowest BCUT2D eigenvalue weighted by Crippen LogP contribution is -2.17. The van der Waals surface area contributed by atoms with Gasteiger partial charge in [0.25, 0.3) is 0 Å². The molecule has 1 atom stereocenters. The number of ketones is 1. The number of aromatic nitrogens is 2. The molecule has 7 nitrogen and oxygen atoms in total. The van der Waals surface area contributed by atoms with Crippen molar-refractivity contribution in [3.05, 3.63) is 58.2 Å². The Morgan fingerprint density at radius 2 is 1.83 bits per heavy atom. The topological polar surface area (TPSA) is 106 Å². The summed E-state index contributed by atoms with van der Waals surface area (Å²) in [5.74, 6) is -3.78. The molecule has 0 radical (unpaired) electrons. The van der Waals surface area contributed by atoms with Crippen LogP contribution in [-0.4, -0.2) is 27.2 Å². The minimum absolute atomic E-state index is 0.0970. The Bertz CT molecular complexity index is 1230. The van der Waals surface area contributed by atoms with Gasteiger partial charge in [-0.05, 0) is 36.5 Å². The zero-order valence-electron chi connectivity index (χ0n) is 20.0. The van der Waals surface area contributed by atoms with Crippen molar-refractivity contribution in [3.63, 3.8) is 0 Å². The van der Waals surface area contributed by atoms with Crippen LogP contribution in [0.1, 0.15) is 67.2 Å². The van der Waals surface area contributed by atoms with E-state index >= 15 is 0 Å². The van der Waals surface area contributed by atoms with Crippen LogP contribution in [0.3, 0.4) is 0 Å². The summed E-state index contributed by atoms with van der Waals surface area (Å²) in [5, 5.41) is 16.4. The molecule has 3 rings (SSSR count). The molecule has 2 aromatic heterocycles. The van der Waals surface area contributed by atoms with Crippen molar-refractivity contribution in [1.82, 2.24) is 10.3 Å². The summed E-state index contributed by atoms with van der Waals surface area (Å²) in [7, 11) is 0. The van der Waals surface area contributed by atoms with Crippen LogP contribution in [0.25, 0.3) is 11.5 Å². The van der Waals surface area contributed by atoms with E-state index in [1.54, 1.807) is 13.0 Å². The lowest BCUT2D eigenvalue weighted by atomic mass is 9.88. The van der Waals surface area contributed by atoms with E-state index < -0.39 is 59.5 Å². The quantitative estimate of drug-likeness (QED) is 0.309. The molecule has 0 spiro atoms. The Morgan fingerprint density at radius 3 is 2.44 bits per heavy atom. The second-order valence-electron chi connectivity index (χ2n) is 9.19. The Labute approximate surface area is 204 Å². The second-order valence-corrected chi connectivity index (χ2v) is 9.19. The first-order valence-corrected chi connectivity index (χ1v) is 11.4. The second kappa shape index (κ2) is 11.0. The average molecular weight is 510 g/mol. The Kier molecular flexibility index (Phi) is 8.31. The fourth-order valence-corrected chi connectivity index (χ4v) is 3.94. The molecule has 0 unspecified atom stereocenters. The molecule has 0 bridgehead atoms. The smallest absolute Gasteiger partial charge is 0.422 e. The molecule has 0 aliphatic rings. The predicted octanol–water partition coefficient (Wildman–Crippen LogP) is 6.14. The molecule has 1 aromatic carbocycles. The first-order valence-electron chi connectivity index (χ1n) is 11.4. The van der Waals surface area contributed by atoms with Crippen LogP contribution in [0.2, 0.25) is 0 Å². The lowest BCUT2D eigenvalue weighted by Gasteiger charge is -2.16. The normalized spacial score (nSPS) is 12.8. The summed E-state index contributed by atoms with van der Waals surface area (Å²) in [6.45, 7) is 5.49. The molecule has 2 heterocycles. The van der Waals surface area contributed by atoms with E-state index in [1.807, 2.05) is 13.8 Å². The average Bonchev–Trinajstić information content (AvgIpc) is 3.39. The maximum atomic E-state index is 14.2. The third-order valence-electron chi connectivity index (χ3n) is 5.57. The van der Waals surface area contributed by atoms with Gasteiger partial charge in [-0.2, -0.15) is 13.2 Å². The van der Waals surface area contributed by atoms with Crippen LogP contribution < -0.4 is 0 Å². The van der Waals surface area contributed by atoms with Crippen molar-refractivity contribution in [2.75, 3.05) is 0 Å². The number of halogens is 4. The standard InChI is InChI=1S/C25H26F4N2O5/c1-13(2)8-18-12-20(30-35-18)24-22(25(27,28)29)23(31-36-24)16(6-7-21(33)34)11-17(32)10-15-5-4-14(3)9-19(15)26/h4-5,9,12-13,16H,6-8,10-11H2,1-3H3,(H,33,34)/t16-/m0/s1. The summed E-state index contributed by atoms with van der Waals surface area (Å²) in [6, 6.07) is 5.63. The number of nitrogens with zero attached hydrogens (tertiary/aromatic N) is 2. The van der Waals surface area contributed by atoms with E-state index in [1.165, 1.54) is 18.2 Å². The van der Waals surface area contributed by atoms with Gasteiger partial charge in [0.15, 0.2) is 5.69 Å². The number of carbonyl (C=O) groups excluding carboxylic acids is 1.